The number of amides is 1. The fraction of sp³-hybridized carbons (Fsp3) is 0.222. The summed E-state index contributed by atoms with van der Waals surface area (Å²) in [6.07, 6.45) is 9.90. The molecule has 4 aromatic heterocycles. The summed E-state index contributed by atoms with van der Waals surface area (Å²) >= 11 is 0. The lowest BCUT2D eigenvalue weighted by Gasteiger charge is -2.33. The maximum Gasteiger partial charge on any atom is 0.268 e. The van der Waals surface area contributed by atoms with Crippen LogP contribution in [0.4, 0.5) is 5.82 Å². The molecule has 1 aliphatic heterocycles. The molecule has 5 rings (SSSR count). The van der Waals surface area contributed by atoms with Gasteiger partial charge in [-0.25, -0.2) is 19.9 Å². The van der Waals surface area contributed by atoms with E-state index in [1.54, 1.807) is 29.2 Å². The van der Waals surface area contributed by atoms with Gasteiger partial charge in [0.05, 0.1) is 25.2 Å². The number of morpholine rings is 1. The number of rotatable bonds is 4. The Bertz CT molecular complexity index is 1170. The van der Waals surface area contributed by atoms with Crippen LogP contribution in [0.3, 0.4) is 0 Å². The summed E-state index contributed by atoms with van der Waals surface area (Å²) in [5.74, 6) is 0.661. The van der Waals surface area contributed by atoms with Crippen molar-refractivity contribution in [2.75, 3.05) is 24.6 Å². The van der Waals surface area contributed by atoms with Crippen LogP contribution in [0.15, 0.2) is 43.2 Å². The number of ether oxygens (including phenoxy) is 1. The molecular formula is C18H17N9O2. The molecule has 1 amide bonds. The summed E-state index contributed by atoms with van der Waals surface area (Å²) in [7, 11) is 0. The number of aromatic amines is 1. The maximum absolute atomic E-state index is 11.5. The first kappa shape index (κ1) is 17.3. The van der Waals surface area contributed by atoms with Gasteiger partial charge in [-0.15, -0.1) is 0 Å². The molecule has 29 heavy (non-hydrogen) atoms. The van der Waals surface area contributed by atoms with E-state index in [0.29, 0.717) is 36.9 Å². The smallest absolute Gasteiger partial charge is 0.268 e. The van der Waals surface area contributed by atoms with E-state index in [0.717, 1.165) is 11.4 Å². The number of hydrogen-bond acceptors (Lipinski definition) is 8. The Kier molecular flexibility index (Phi) is 4.13. The Morgan fingerprint density at radius 3 is 3.00 bits per heavy atom. The summed E-state index contributed by atoms with van der Waals surface area (Å²) in [5.41, 5.74) is 7.70. The minimum Gasteiger partial charge on any atom is -0.370 e. The molecule has 5 heterocycles. The molecule has 0 spiro atoms. The van der Waals surface area contributed by atoms with Crippen molar-refractivity contribution < 1.29 is 9.53 Å². The Labute approximate surface area is 164 Å². The molecule has 0 radical (unpaired) electrons. The zero-order valence-corrected chi connectivity index (χ0v) is 15.3. The van der Waals surface area contributed by atoms with Gasteiger partial charge in [-0.05, 0) is 6.07 Å². The van der Waals surface area contributed by atoms with E-state index in [-0.39, 0.29) is 11.8 Å². The average Bonchev–Trinajstić information content (AvgIpc) is 3.43. The number of anilines is 1. The largest absolute Gasteiger partial charge is 0.370 e. The molecule has 0 aromatic carbocycles. The number of carbonyl (C=O) groups is 1. The molecule has 0 aliphatic carbocycles. The number of carbonyl (C=O) groups excluding carboxylic acids is 1. The van der Waals surface area contributed by atoms with Crippen LogP contribution in [0.25, 0.3) is 17.2 Å². The predicted molar refractivity (Wildman–Crippen MR) is 102 cm³/mol. The lowest BCUT2D eigenvalue weighted by molar-refractivity contribution is 0.0395. The van der Waals surface area contributed by atoms with Gasteiger partial charge in [-0.1, -0.05) is 0 Å². The second-order valence-corrected chi connectivity index (χ2v) is 6.58. The van der Waals surface area contributed by atoms with Crippen LogP contribution in [0.2, 0.25) is 0 Å². The highest BCUT2D eigenvalue weighted by atomic mass is 16.5. The number of primary amides is 1. The van der Waals surface area contributed by atoms with Gasteiger partial charge in [-0.2, -0.15) is 5.10 Å². The van der Waals surface area contributed by atoms with Crippen molar-refractivity contribution in [3.05, 3.63) is 54.5 Å². The zero-order valence-electron chi connectivity index (χ0n) is 15.3. The molecule has 1 fully saturated rings. The number of nitrogens with one attached hydrogen (secondary N) is 1. The Morgan fingerprint density at radius 1 is 1.24 bits per heavy atom. The van der Waals surface area contributed by atoms with Gasteiger partial charge in [0.15, 0.2) is 11.5 Å². The molecule has 1 aliphatic rings. The molecule has 11 heteroatoms. The van der Waals surface area contributed by atoms with E-state index in [1.807, 2.05) is 12.3 Å². The van der Waals surface area contributed by atoms with Crippen molar-refractivity contribution in [3.63, 3.8) is 0 Å². The first-order chi connectivity index (χ1) is 14.2. The van der Waals surface area contributed by atoms with E-state index in [2.05, 4.69) is 30.0 Å². The third-order valence-corrected chi connectivity index (χ3v) is 4.80. The highest BCUT2D eigenvalue weighted by molar-refractivity contribution is 5.90. The first-order valence-corrected chi connectivity index (χ1v) is 9.00. The van der Waals surface area contributed by atoms with Crippen molar-refractivity contribution >= 4 is 17.4 Å². The third kappa shape index (κ3) is 3.17. The summed E-state index contributed by atoms with van der Waals surface area (Å²) in [6, 6.07) is 1.86. The molecule has 0 bridgehead atoms. The van der Waals surface area contributed by atoms with Crippen molar-refractivity contribution in [1.82, 2.24) is 34.5 Å². The van der Waals surface area contributed by atoms with E-state index in [9.17, 15) is 4.79 Å². The van der Waals surface area contributed by atoms with Gasteiger partial charge in [0.25, 0.3) is 5.91 Å². The minimum absolute atomic E-state index is 0.0825. The summed E-state index contributed by atoms with van der Waals surface area (Å²) in [4.78, 5) is 31.0. The minimum atomic E-state index is -0.611. The van der Waals surface area contributed by atoms with Crippen molar-refractivity contribution in [1.29, 1.82) is 0 Å². The Balaban J connectivity index is 1.48. The molecule has 11 nitrogen and oxygen atoms in total. The van der Waals surface area contributed by atoms with Gasteiger partial charge < -0.3 is 15.4 Å². The van der Waals surface area contributed by atoms with Crippen LogP contribution in [0, 0.1) is 0 Å². The quantitative estimate of drug-likeness (QED) is 0.515. The normalized spacial score (nSPS) is 17.0. The van der Waals surface area contributed by atoms with Crippen LogP contribution in [0.5, 0.6) is 0 Å². The van der Waals surface area contributed by atoms with E-state index in [4.69, 9.17) is 15.5 Å². The van der Waals surface area contributed by atoms with Gasteiger partial charge in [-0.3, -0.25) is 14.3 Å². The highest BCUT2D eigenvalue weighted by Gasteiger charge is 2.24. The molecule has 146 valence electrons. The Hall–Kier alpha value is -3.86. The number of nitrogens with zero attached hydrogens (tertiary/aromatic N) is 7. The topological polar surface area (TPSA) is 140 Å². The number of aromatic nitrogens is 7. The SMILES string of the molecule is NC(=O)c1cn2c(-c3nccc(N4CCOC(c5cn[nH]c5)C4)n3)cnc2cn1. The van der Waals surface area contributed by atoms with Gasteiger partial charge in [0.2, 0.25) is 0 Å². The van der Waals surface area contributed by atoms with Crippen LogP contribution in [-0.4, -0.2) is 60.1 Å². The van der Waals surface area contributed by atoms with Crippen molar-refractivity contribution in [2.45, 2.75) is 6.10 Å². The standard InChI is InChI=1S/C18H17N9O2/c19-17(28)12-9-27-13(7-22-16(27)8-21-12)18-20-2-1-15(25-18)26-3-4-29-14(10-26)11-5-23-24-6-11/h1-2,5-9,14H,3-4,10H2,(H2,19,28)(H,23,24). The molecule has 4 aromatic rings. The lowest BCUT2D eigenvalue weighted by Crippen LogP contribution is -2.38. The van der Waals surface area contributed by atoms with Crippen molar-refractivity contribution in [2.24, 2.45) is 5.73 Å². The van der Waals surface area contributed by atoms with Crippen LogP contribution < -0.4 is 10.6 Å². The summed E-state index contributed by atoms with van der Waals surface area (Å²) in [5, 5.41) is 6.81. The second-order valence-electron chi connectivity index (χ2n) is 6.58. The summed E-state index contributed by atoms with van der Waals surface area (Å²) in [6.45, 7) is 1.95. The predicted octanol–water partition coefficient (Wildman–Crippen LogP) is 0.586. The van der Waals surface area contributed by atoms with Gasteiger partial charge in [0, 0.05) is 37.2 Å². The number of imidazole rings is 1. The van der Waals surface area contributed by atoms with Gasteiger partial charge in [0.1, 0.15) is 23.3 Å². The lowest BCUT2D eigenvalue weighted by atomic mass is 10.1. The third-order valence-electron chi connectivity index (χ3n) is 4.80. The second kappa shape index (κ2) is 6.95. The number of H-pyrrole nitrogens is 1. The highest BCUT2D eigenvalue weighted by Crippen LogP contribution is 2.26. The first-order valence-electron chi connectivity index (χ1n) is 9.00. The zero-order chi connectivity index (χ0) is 19.8. The average molecular weight is 391 g/mol. The molecule has 1 atom stereocenters. The number of nitrogens with two attached hydrogens (primary N) is 1. The fourth-order valence-electron chi connectivity index (χ4n) is 3.33. The summed E-state index contributed by atoms with van der Waals surface area (Å²) < 4.78 is 7.57. The molecule has 0 saturated carbocycles. The molecular weight excluding hydrogens is 374 g/mol. The number of hydrogen-bond donors (Lipinski definition) is 2. The van der Waals surface area contributed by atoms with Crippen LogP contribution >= 0.6 is 0 Å². The van der Waals surface area contributed by atoms with Crippen LogP contribution in [-0.2, 0) is 4.74 Å². The monoisotopic (exact) mass is 391 g/mol. The van der Waals surface area contributed by atoms with Gasteiger partial charge >= 0.3 is 0 Å². The fourth-order valence-corrected chi connectivity index (χ4v) is 3.33. The van der Waals surface area contributed by atoms with E-state index >= 15 is 0 Å². The number of fused-ring (bicyclic) bond motifs is 1. The molecule has 1 unspecified atom stereocenters. The maximum atomic E-state index is 11.5. The van der Waals surface area contributed by atoms with Crippen molar-refractivity contribution in [3.8, 4) is 11.5 Å². The molecule has 1 saturated heterocycles. The van der Waals surface area contributed by atoms with E-state index < -0.39 is 5.91 Å². The Morgan fingerprint density at radius 2 is 2.17 bits per heavy atom. The van der Waals surface area contributed by atoms with Crippen LogP contribution in [0.1, 0.15) is 22.2 Å². The molecule has 3 N–H and O–H groups in total. The van der Waals surface area contributed by atoms with E-state index in [1.165, 1.54) is 6.20 Å².